The summed E-state index contributed by atoms with van der Waals surface area (Å²) in [5, 5.41) is 0.761. The third-order valence-electron chi connectivity index (χ3n) is 7.50. The second-order valence-electron chi connectivity index (χ2n) is 11.0. The molecule has 0 amide bonds. The van der Waals surface area contributed by atoms with Crippen LogP contribution < -0.4 is 0 Å². The summed E-state index contributed by atoms with van der Waals surface area (Å²) in [6.07, 6.45) is 7.68. The maximum Gasteiger partial charge on any atom is 0.337 e. The molecular weight excluding hydrogens is 452 g/mol. The number of benzene rings is 3. The number of hydrogen-bond acceptors (Lipinski definition) is 2. The average molecular weight is 487 g/mol. The van der Waals surface area contributed by atoms with Crippen LogP contribution in [0.25, 0.3) is 6.08 Å². The Morgan fingerprint density at radius 3 is 2.29 bits per heavy atom. The quantitative estimate of drug-likeness (QED) is 0.326. The van der Waals surface area contributed by atoms with Crippen molar-refractivity contribution in [2.45, 2.75) is 63.7 Å². The van der Waals surface area contributed by atoms with Gasteiger partial charge in [0.15, 0.2) is 0 Å². The summed E-state index contributed by atoms with van der Waals surface area (Å²) in [7, 11) is 1.40. The lowest BCUT2D eigenvalue weighted by molar-refractivity contribution is 0.0600. The van der Waals surface area contributed by atoms with Gasteiger partial charge in [-0.1, -0.05) is 93.9 Å². The molecule has 0 N–H and O–H groups in total. The number of fused-ring (bicyclic) bond motifs is 1. The molecule has 1 unspecified atom stereocenters. The van der Waals surface area contributed by atoms with Gasteiger partial charge in [-0.25, -0.2) is 4.79 Å². The van der Waals surface area contributed by atoms with E-state index in [9.17, 15) is 4.79 Å². The first kappa shape index (κ1) is 25.3. The molecule has 4 rings (SSSR count). The van der Waals surface area contributed by atoms with Gasteiger partial charge < -0.3 is 4.74 Å². The van der Waals surface area contributed by atoms with Crippen molar-refractivity contribution in [1.82, 2.24) is 0 Å². The van der Waals surface area contributed by atoms with Crippen LogP contribution in [0.3, 0.4) is 0 Å². The zero-order valence-corrected chi connectivity index (χ0v) is 22.2. The van der Waals surface area contributed by atoms with Crippen molar-refractivity contribution in [2.24, 2.45) is 0 Å². The van der Waals surface area contributed by atoms with Crippen LogP contribution in [0.4, 0.5) is 0 Å². The Balaban J connectivity index is 1.71. The molecule has 3 aromatic carbocycles. The lowest BCUT2D eigenvalue weighted by Gasteiger charge is -2.42. The van der Waals surface area contributed by atoms with Crippen molar-refractivity contribution in [1.29, 1.82) is 0 Å². The first-order chi connectivity index (χ1) is 16.6. The Bertz CT molecular complexity index is 1230. The standard InChI is InChI=1S/C32H35ClO2/c1-31(2)17-18-32(3,4)29-21-26(15-16-28(29)31)25(19-23-7-6-8-27(33)20-23)14-11-22-9-12-24(13-10-22)30(34)35-5/h6-16,20-21,25H,17-19H2,1-5H3/b14-11+. The Morgan fingerprint density at radius 1 is 0.943 bits per heavy atom. The summed E-state index contributed by atoms with van der Waals surface area (Å²) in [6, 6.07) is 22.8. The number of carbonyl (C=O) groups is 1. The molecule has 0 radical (unpaired) electrons. The van der Waals surface area contributed by atoms with Crippen LogP contribution in [-0.4, -0.2) is 13.1 Å². The van der Waals surface area contributed by atoms with Crippen molar-refractivity contribution < 1.29 is 9.53 Å². The Labute approximate surface area is 215 Å². The number of rotatable bonds is 6. The van der Waals surface area contributed by atoms with Gasteiger partial charge in [-0.2, -0.15) is 0 Å². The van der Waals surface area contributed by atoms with Gasteiger partial charge in [0, 0.05) is 10.9 Å². The Kier molecular flexibility index (Phi) is 7.24. The number of halogens is 1. The first-order valence-corrected chi connectivity index (χ1v) is 12.7. The topological polar surface area (TPSA) is 26.3 Å². The van der Waals surface area contributed by atoms with Crippen molar-refractivity contribution in [2.75, 3.05) is 7.11 Å². The highest BCUT2D eigenvalue weighted by atomic mass is 35.5. The van der Waals surface area contributed by atoms with Crippen LogP contribution in [0.5, 0.6) is 0 Å². The molecule has 1 atom stereocenters. The van der Waals surface area contributed by atoms with E-state index < -0.39 is 0 Å². The molecule has 1 aliphatic carbocycles. The fourth-order valence-electron chi connectivity index (χ4n) is 5.13. The largest absolute Gasteiger partial charge is 0.465 e. The van der Waals surface area contributed by atoms with Gasteiger partial charge in [-0.05, 0) is 82.2 Å². The molecule has 2 nitrogen and oxygen atoms in total. The van der Waals surface area contributed by atoms with Crippen LogP contribution in [0.1, 0.15) is 84.6 Å². The van der Waals surface area contributed by atoms with Crippen LogP contribution in [0.2, 0.25) is 5.02 Å². The van der Waals surface area contributed by atoms with Gasteiger partial charge in [0.25, 0.3) is 0 Å². The molecule has 0 bridgehead atoms. The van der Waals surface area contributed by atoms with Gasteiger partial charge in [0.05, 0.1) is 12.7 Å². The number of ether oxygens (including phenoxy) is 1. The monoisotopic (exact) mass is 486 g/mol. The minimum Gasteiger partial charge on any atom is -0.465 e. The van der Waals surface area contributed by atoms with Crippen LogP contribution >= 0.6 is 11.6 Å². The zero-order chi connectivity index (χ0) is 25.2. The molecule has 0 fully saturated rings. The van der Waals surface area contributed by atoms with E-state index in [0.29, 0.717) is 5.56 Å². The van der Waals surface area contributed by atoms with E-state index in [1.165, 1.54) is 42.2 Å². The normalized spacial score (nSPS) is 17.1. The Morgan fingerprint density at radius 2 is 1.63 bits per heavy atom. The van der Waals surface area contributed by atoms with Crippen molar-refractivity contribution in [3.8, 4) is 0 Å². The predicted octanol–water partition coefficient (Wildman–Crippen LogP) is 8.52. The summed E-state index contributed by atoms with van der Waals surface area (Å²) in [5.41, 5.74) is 7.44. The summed E-state index contributed by atoms with van der Waals surface area (Å²) in [6.45, 7) is 9.47. The lowest BCUT2D eigenvalue weighted by Crippen LogP contribution is -2.34. The van der Waals surface area contributed by atoms with Gasteiger partial charge in [-0.15, -0.1) is 0 Å². The molecule has 1 aliphatic rings. The number of hydrogen-bond donors (Lipinski definition) is 0. The minimum absolute atomic E-state index is 0.162. The predicted molar refractivity (Wildman–Crippen MR) is 146 cm³/mol. The molecule has 0 saturated carbocycles. The number of methoxy groups -OCH3 is 1. The van der Waals surface area contributed by atoms with E-state index in [-0.39, 0.29) is 22.7 Å². The Hall–Kier alpha value is -2.84. The highest BCUT2D eigenvalue weighted by molar-refractivity contribution is 6.30. The van der Waals surface area contributed by atoms with Gasteiger partial charge >= 0.3 is 5.97 Å². The molecular formula is C32H35ClO2. The SMILES string of the molecule is COC(=O)c1ccc(/C=C/C(Cc2cccc(Cl)c2)c2ccc3c(c2)C(C)(C)CCC3(C)C)cc1. The van der Waals surface area contributed by atoms with Crippen LogP contribution in [0.15, 0.2) is 72.8 Å². The summed E-state index contributed by atoms with van der Waals surface area (Å²) < 4.78 is 4.82. The summed E-state index contributed by atoms with van der Waals surface area (Å²) in [4.78, 5) is 11.8. The minimum atomic E-state index is -0.320. The summed E-state index contributed by atoms with van der Waals surface area (Å²) >= 11 is 6.31. The number of carbonyl (C=O) groups excluding carboxylic acids is 1. The molecule has 182 valence electrons. The van der Waals surface area contributed by atoms with Gasteiger partial charge in [0.1, 0.15) is 0 Å². The van der Waals surface area contributed by atoms with E-state index in [0.717, 1.165) is 17.0 Å². The molecule has 0 aromatic heterocycles. The second kappa shape index (κ2) is 10.0. The smallest absolute Gasteiger partial charge is 0.337 e. The fourth-order valence-corrected chi connectivity index (χ4v) is 5.34. The van der Waals surface area contributed by atoms with Gasteiger partial charge in [0.2, 0.25) is 0 Å². The van der Waals surface area contributed by atoms with E-state index >= 15 is 0 Å². The summed E-state index contributed by atoms with van der Waals surface area (Å²) in [5.74, 6) is -0.126. The molecule has 3 heteroatoms. The molecule has 35 heavy (non-hydrogen) atoms. The maximum absolute atomic E-state index is 11.8. The molecule has 3 aromatic rings. The van der Waals surface area contributed by atoms with E-state index in [2.05, 4.69) is 70.2 Å². The third kappa shape index (κ3) is 5.70. The molecule has 0 spiro atoms. The fraction of sp³-hybridized carbons (Fsp3) is 0.344. The first-order valence-electron chi connectivity index (χ1n) is 12.3. The van der Waals surface area contributed by atoms with Crippen molar-refractivity contribution in [3.05, 3.63) is 111 Å². The maximum atomic E-state index is 11.8. The molecule has 0 heterocycles. The highest BCUT2D eigenvalue weighted by Crippen LogP contribution is 2.46. The van der Waals surface area contributed by atoms with Crippen LogP contribution in [0, 0.1) is 0 Å². The van der Waals surface area contributed by atoms with Crippen molar-refractivity contribution in [3.63, 3.8) is 0 Å². The van der Waals surface area contributed by atoms with Gasteiger partial charge in [-0.3, -0.25) is 0 Å². The second-order valence-corrected chi connectivity index (χ2v) is 11.4. The molecule has 0 saturated heterocycles. The highest BCUT2D eigenvalue weighted by Gasteiger charge is 2.37. The third-order valence-corrected chi connectivity index (χ3v) is 7.74. The molecule has 0 aliphatic heterocycles. The number of allylic oxidation sites excluding steroid dienone is 1. The van der Waals surface area contributed by atoms with E-state index in [1.807, 2.05) is 24.3 Å². The van der Waals surface area contributed by atoms with Crippen molar-refractivity contribution >= 4 is 23.6 Å². The number of esters is 1. The average Bonchev–Trinajstić information content (AvgIpc) is 2.84. The lowest BCUT2D eigenvalue weighted by atomic mass is 9.62. The van der Waals surface area contributed by atoms with Crippen LogP contribution in [-0.2, 0) is 22.0 Å². The van der Waals surface area contributed by atoms with E-state index in [4.69, 9.17) is 16.3 Å². The van der Waals surface area contributed by atoms with E-state index in [1.54, 1.807) is 12.1 Å². The zero-order valence-electron chi connectivity index (χ0n) is 21.4.